The highest BCUT2D eigenvalue weighted by atomic mass is 16.5. The van der Waals surface area contributed by atoms with Crippen LogP contribution in [0.4, 0.5) is 0 Å². The first-order valence-corrected chi connectivity index (χ1v) is 8.47. The summed E-state index contributed by atoms with van der Waals surface area (Å²) in [7, 11) is 3.13. The highest BCUT2D eigenvalue weighted by molar-refractivity contribution is 5.78. The molecule has 0 aliphatic heterocycles. The van der Waals surface area contributed by atoms with E-state index in [2.05, 4.69) is 17.4 Å². The highest BCUT2D eigenvalue weighted by Gasteiger charge is 2.08. The largest absolute Gasteiger partial charge is 0.493 e. The molecule has 0 unspecified atom stereocenters. The van der Waals surface area contributed by atoms with Crippen LogP contribution in [0, 0.1) is 0 Å². The van der Waals surface area contributed by atoms with Gasteiger partial charge in [0.2, 0.25) is 5.91 Å². The van der Waals surface area contributed by atoms with Crippen molar-refractivity contribution in [3.63, 3.8) is 0 Å². The first kappa shape index (κ1) is 19.8. The number of methoxy groups -OCH3 is 2. The maximum atomic E-state index is 12.1. The molecular formula is C22H24N2O3. The zero-order chi connectivity index (χ0) is 19.5. The number of ether oxygens (including phenoxy) is 2. The van der Waals surface area contributed by atoms with Crippen LogP contribution in [-0.2, 0) is 11.2 Å². The fourth-order valence-electron chi connectivity index (χ4n) is 2.31. The third-order valence-electron chi connectivity index (χ3n) is 3.67. The number of hydrazine groups is 1. The lowest BCUT2D eigenvalue weighted by Crippen LogP contribution is -2.37. The predicted molar refractivity (Wildman–Crippen MR) is 108 cm³/mol. The second-order valence-corrected chi connectivity index (χ2v) is 5.69. The molecule has 2 aromatic rings. The molecule has 0 aliphatic rings. The summed E-state index contributed by atoms with van der Waals surface area (Å²) in [5.41, 5.74) is 7.91. The van der Waals surface area contributed by atoms with Gasteiger partial charge in [-0.05, 0) is 29.3 Å². The van der Waals surface area contributed by atoms with Gasteiger partial charge in [0.05, 0.1) is 20.6 Å². The summed E-state index contributed by atoms with van der Waals surface area (Å²) in [6.07, 6.45) is 7.73. The van der Waals surface area contributed by atoms with Crippen LogP contribution in [0.25, 0.3) is 6.08 Å². The van der Waals surface area contributed by atoms with E-state index >= 15 is 0 Å². The summed E-state index contributed by atoms with van der Waals surface area (Å²) in [6.45, 7) is 3.85. The summed E-state index contributed by atoms with van der Waals surface area (Å²) >= 11 is 0. The maximum absolute atomic E-state index is 12.1. The molecule has 0 saturated heterocycles. The van der Waals surface area contributed by atoms with Crippen molar-refractivity contribution in [3.05, 3.63) is 90.2 Å². The van der Waals surface area contributed by atoms with E-state index in [9.17, 15) is 4.79 Å². The lowest BCUT2D eigenvalue weighted by Gasteiger charge is -2.11. The summed E-state index contributed by atoms with van der Waals surface area (Å²) in [4.78, 5) is 12.1. The Balaban J connectivity index is 1.78. The Morgan fingerprint density at radius 1 is 1.00 bits per heavy atom. The first-order chi connectivity index (χ1) is 13.1. The van der Waals surface area contributed by atoms with E-state index in [1.54, 1.807) is 32.4 Å². The van der Waals surface area contributed by atoms with Crippen LogP contribution in [-0.4, -0.2) is 20.1 Å². The average molecular weight is 364 g/mol. The Morgan fingerprint density at radius 2 is 1.74 bits per heavy atom. The quantitative estimate of drug-likeness (QED) is 0.527. The van der Waals surface area contributed by atoms with Crippen molar-refractivity contribution in [2.24, 2.45) is 0 Å². The molecule has 0 spiro atoms. The zero-order valence-corrected chi connectivity index (χ0v) is 15.6. The van der Waals surface area contributed by atoms with Crippen molar-refractivity contribution < 1.29 is 14.3 Å². The van der Waals surface area contributed by atoms with Crippen molar-refractivity contribution in [3.8, 4) is 11.5 Å². The third-order valence-corrected chi connectivity index (χ3v) is 3.67. The average Bonchev–Trinajstić information content (AvgIpc) is 2.70. The van der Waals surface area contributed by atoms with Crippen LogP contribution >= 0.6 is 0 Å². The molecule has 0 bridgehead atoms. The molecule has 0 fully saturated rings. The van der Waals surface area contributed by atoms with Crippen molar-refractivity contribution >= 4 is 12.0 Å². The third kappa shape index (κ3) is 6.74. The second kappa shape index (κ2) is 10.5. The molecule has 2 rings (SSSR count). The summed E-state index contributed by atoms with van der Waals surface area (Å²) in [5.74, 6) is 1.03. The highest BCUT2D eigenvalue weighted by Crippen LogP contribution is 2.27. The molecule has 0 aliphatic carbocycles. The van der Waals surface area contributed by atoms with Gasteiger partial charge in [-0.1, -0.05) is 61.2 Å². The smallest absolute Gasteiger partial charge is 0.242 e. The lowest BCUT2D eigenvalue weighted by molar-refractivity contribution is -0.121. The number of rotatable bonds is 9. The molecule has 0 heterocycles. The van der Waals surface area contributed by atoms with Crippen molar-refractivity contribution in [2.75, 3.05) is 14.2 Å². The van der Waals surface area contributed by atoms with E-state index < -0.39 is 0 Å². The van der Waals surface area contributed by atoms with E-state index in [1.807, 2.05) is 54.6 Å². The molecule has 27 heavy (non-hydrogen) atoms. The Hall–Kier alpha value is -3.47. The molecule has 5 heteroatoms. The Kier molecular flexibility index (Phi) is 7.72. The number of allylic oxidation sites excluding steroid dienone is 3. The number of carbonyl (C=O) groups is 1. The fraction of sp³-hybridized carbons (Fsp3) is 0.136. The lowest BCUT2D eigenvalue weighted by atomic mass is 10.1. The second-order valence-electron chi connectivity index (χ2n) is 5.69. The van der Waals surface area contributed by atoms with Gasteiger partial charge in [0.1, 0.15) is 0 Å². The molecule has 1 amide bonds. The van der Waals surface area contributed by atoms with E-state index in [0.29, 0.717) is 17.2 Å². The van der Waals surface area contributed by atoms with Crippen molar-refractivity contribution in [2.45, 2.75) is 6.42 Å². The number of amides is 1. The van der Waals surface area contributed by atoms with Gasteiger partial charge in [0, 0.05) is 5.70 Å². The van der Waals surface area contributed by atoms with E-state index in [0.717, 1.165) is 11.1 Å². The monoisotopic (exact) mass is 364 g/mol. The molecule has 0 atom stereocenters. The molecule has 2 aromatic carbocycles. The normalized spacial score (nSPS) is 10.7. The Morgan fingerprint density at radius 3 is 2.44 bits per heavy atom. The van der Waals surface area contributed by atoms with Crippen LogP contribution in [0.15, 0.2) is 79.0 Å². The zero-order valence-electron chi connectivity index (χ0n) is 15.6. The van der Waals surface area contributed by atoms with Gasteiger partial charge in [-0.25, -0.2) is 0 Å². The molecule has 0 aromatic heterocycles. The van der Waals surface area contributed by atoms with Gasteiger partial charge in [-0.15, -0.1) is 0 Å². The first-order valence-electron chi connectivity index (χ1n) is 8.47. The number of hydrogen-bond acceptors (Lipinski definition) is 4. The van der Waals surface area contributed by atoms with E-state index in [1.165, 1.54) is 0 Å². The standard InChI is InChI=1S/C22H24N2O3/c1-17(9-7-8-12-18-10-5-4-6-11-18)23-24-22(25)16-19-13-14-20(26-2)21(15-19)27-3/h4-15,23H,1,16H2,2-3H3,(H,24,25)/b9-7+,12-8+. The van der Waals surface area contributed by atoms with Gasteiger partial charge in [0.15, 0.2) is 11.5 Å². The van der Waals surface area contributed by atoms with E-state index in [-0.39, 0.29) is 12.3 Å². The van der Waals surface area contributed by atoms with Crippen LogP contribution in [0.5, 0.6) is 11.5 Å². The van der Waals surface area contributed by atoms with Gasteiger partial charge in [-0.2, -0.15) is 0 Å². The van der Waals surface area contributed by atoms with E-state index in [4.69, 9.17) is 9.47 Å². The SMILES string of the molecule is C=C(/C=C/C=C/c1ccccc1)NNC(=O)Cc1ccc(OC)c(OC)c1. The fourth-order valence-corrected chi connectivity index (χ4v) is 2.31. The molecule has 0 radical (unpaired) electrons. The van der Waals surface area contributed by atoms with Crippen molar-refractivity contribution in [1.29, 1.82) is 0 Å². The maximum Gasteiger partial charge on any atom is 0.242 e. The summed E-state index contributed by atoms with van der Waals surface area (Å²) in [6, 6.07) is 15.4. The van der Waals surface area contributed by atoms with Crippen LogP contribution < -0.4 is 20.3 Å². The number of nitrogens with one attached hydrogen (secondary N) is 2. The predicted octanol–water partition coefficient (Wildman–Crippen LogP) is 3.65. The van der Waals surface area contributed by atoms with Crippen molar-refractivity contribution in [1.82, 2.24) is 10.9 Å². The van der Waals surface area contributed by atoms with Gasteiger partial charge >= 0.3 is 0 Å². The number of benzene rings is 2. The molecule has 140 valence electrons. The Labute approximate surface area is 160 Å². The minimum atomic E-state index is -0.184. The summed E-state index contributed by atoms with van der Waals surface area (Å²) in [5, 5.41) is 0. The Bertz CT molecular complexity index is 827. The van der Waals surface area contributed by atoms with Gasteiger partial charge in [0.25, 0.3) is 0 Å². The van der Waals surface area contributed by atoms with Gasteiger partial charge in [-0.3, -0.25) is 15.6 Å². The molecular weight excluding hydrogens is 340 g/mol. The van der Waals surface area contributed by atoms with Gasteiger partial charge < -0.3 is 9.47 Å². The van der Waals surface area contributed by atoms with Crippen LogP contribution in [0.1, 0.15) is 11.1 Å². The number of hydrogen-bond donors (Lipinski definition) is 2. The summed E-state index contributed by atoms with van der Waals surface area (Å²) < 4.78 is 10.4. The minimum Gasteiger partial charge on any atom is -0.493 e. The minimum absolute atomic E-state index is 0.184. The van der Waals surface area contributed by atoms with Crippen LogP contribution in [0.3, 0.4) is 0 Å². The topological polar surface area (TPSA) is 59.6 Å². The number of carbonyl (C=O) groups excluding carboxylic acids is 1. The molecule has 2 N–H and O–H groups in total. The van der Waals surface area contributed by atoms with Crippen LogP contribution in [0.2, 0.25) is 0 Å². The molecule has 0 saturated carbocycles. The molecule has 5 nitrogen and oxygen atoms in total.